The largest absolute Gasteiger partial charge is 0.445 e. The number of pyridine rings is 1. The van der Waals surface area contributed by atoms with E-state index in [1.165, 1.54) is 6.07 Å². The number of amides is 2. The van der Waals surface area contributed by atoms with Gasteiger partial charge in [0.2, 0.25) is 0 Å². The van der Waals surface area contributed by atoms with Gasteiger partial charge in [-0.05, 0) is 41.8 Å². The van der Waals surface area contributed by atoms with E-state index in [1.54, 1.807) is 36.7 Å². The number of aromatic nitrogens is 1. The molecule has 1 aliphatic rings. The van der Waals surface area contributed by atoms with Crippen LogP contribution in [0, 0.1) is 0 Å². The number of ether oxygens (including phenoxy) is 1. The lowest BCUT2D eigenvalue weighted by Gasteiger charge is -2.26. The van der Waals surface area contributed by atoms with E-state index in [1.807, 2.05) is 30.3 Å². The van der Waals surface area contributed by atoms with Crippen LogP contribution in [0.5, 0.6) is 0 Å². The number of nitrogens with zero attached hydrogens (tertiary/aromatic N) is 1. The van der Waals surface area contributed by atoms with Gasteiger partial charge in [-0.2, -0.15) is 0 Å². The second-order valence-electron chi connectivity index (χ2n) is 7.31. The SMILES string of the molecule is O=C(N[C@@H]1CCS(=O)(=O)c2cc(C(=O)Nc3ccncc3)ccc21)OCc1ccccc1. The molecule has 0 saturated carbocycles. The molecule has 2 heterocycles. The molecule has 0 saturated heterocycles. The Morgan fingerprint density at radius 3 is 2.53 bits per heavy atom. The number of nitrogens with one attached hydrogen (secondary N) is 2. The number of hydrogen-bond donors (Lipinski definition) is 2. The van der Waals surface area contributed by atoms with E-state index in [0.29, 0.717) is 11.3 Å². The molecule has 3 aromatic rings. The molecule has 1 aromatic heterocycles. The molecule has 2 amide bonds. The van der Waals surface area contributed by atoms with Gasteiger partial charge in [0.1, 0.15) is 6.61 Å². The Labute approximate surface area is 185 Å². The van der Waals surface area contributed by atoms with Gasteiger partial charge in [-0.1, -0.05) is 36.4 Å². The van der Waals surface area contributed by atoms with Crippen LogP contribution in [0.2, 0.25) is 0 Å². The fraction of sp³-hybridized carbons (Fsp3) is 0.174. The Balaban J connectivity index is 1.50. The van der Waals surface area contributed by atoms with E-state index in [4.69, 9.17) is 4.74 Å². The van der Waals surface area contributed by atoms with Crippen molar-refractivity contribution < 1.29 is 22.7 Å². The monoisotopic (exact) mass is 451 g/mol. The molecule has 0 bridgehead atoms. The standard InChI is InChI=1S/C23H21N3O5S/c27-22(25-18-8-11-24-12-9-18)17-6-7-19-20(10-13-32(29,30)21(19)14-17)26-23(28)31-15-16-4-2-1-3-5-16/h1-9,11-12,14,20H,10,13,15H2,(H,26,28)(H,24,25,27)/t20-/m1/s1. The summed E-state index contributed by atoms with van der Waals surface area (Å²) in [5.41, 5.74) is 2.04. The highest BCUT2D eigenvalue weighted by molar-refractivity contribution is 7.91. The number of carbonyl (C=O) groups is 2. The van der Waals surface area contributed by atoms with Crippen LogP contribution in [0.3, 0.4) is 0 Å². The minimum Gasteiger partial charge on any atom is -0.445 e. The van der Waals surface area contributed by atoms with E-state index < -0.39 is 27.9 Å². The van der Waals surface area contributed by atoms with E-state index in [2.05, 4.69) is 15.6 Å². The van der Waals surface area contributed by atoms with Crippen molar-refractivity contribution in [2.75, 3.05) is 11.1 Å². The first kappa shape index (κ1) is 21.5. The van der Waals surface area contributed by atoms with Crippen LogP contribution in [0.1, 0.15) is 33.9 Å². The van der Waals surface area contributed by atoms with E-state index >= 15 is 0 Å². The Morgan fingerprint density at radius 2 is 1.78 bits per heavy atom. The number of benzene rings is 2. The number of anilines is 1. The summed E-state index contributed by atoms with van der Waals surface area (Å²) in [6.07, 6.45) is 2.67. The predicted molar refractivity (Wildman–Crippen MR) is 118 cm³/mol. The molecule has 4 rings (SSSR count). The van der Waals surface area contributed by atoms with Crippen molar-refractivity contribution in [3.8, 4) is 0 Å². The Hall–Kier alpha value is -3.72. The summed E-state index contributed by atoms with van der Waals surface area (Å²) >= 11 is 0. The summed E-state index contributed by atoms with van der Waals surface area (Å²) in [5, 5.41) is 5.44. The molecule has 164 valence electrons. The molecule has 1 aliphatic heterocycles. The predicted octanol–water partition coefficient (Wildman–Crippen LogP) is 3.48. The van der Waals surface area contributed by atoms with Gasteiger partial charge < -0.3 is 15.4 Å². The van der Waals surface area contributed by atoms with Gasteiger partial charge in [-0.25, -0.2) is 13.2 Å². The minimum atomic E-state index is -3.58. The van der Waals surface area contributed by atoms with Gasteiger partial charge in [0.15, 0.2) is 9.84 Å². The average molecular weight is 452 g/mol. The first-order valence-electron chi connectivity index (χ1n) is 9.98. The minimum absolute atomic E-state index is 0.0412. The molecule has 1 atom stereocenters. The van der Waals surface area contributed by atoms with Gasteiger partial charge in [0, 0.05) is 23.6 Å². The molecule has 0 fully saturated rings. The quantitative estimate of drug-likeness (QED) is 0.614. The van der Waals surface area contributed by atoms with Crippen molar-refractivity contribution in [1.29, 1.82) is 0 Å². The summed E-state index contributed by atoms with van der Waals surface area (Å²) in [7, 11) is -3.58. The summed E-state index contributed by atoms with van der Waals surface area (Å²) in [4.78, 5) is 28.8. The fourth-order valence-corrected chi connectivity index (χ4v) is 5.11. The van der Waals surface area contributed by atoms with Crippen molar-refractivity contribution >= 4 is 27.5 Å². The van der Waals surface area contributed by atoms with E-state index in [-0.39, 0.29) is 29.2 Å². The second kappa shape index (κ2) is 9.19. The molecule has 0 spiro atoms. The third kappa shape index (κ3) is 4.94. The number of fused-ring (bicyclic) bond motifs is 1. The molecule has 32 heavy (non-hydrogen) atoms. The van der Waals surface area contributed by atoms with Crippen molar-refractivity contribution in [3.63, 3.8) is 0 Å². The summed E-state index contributed by atoms with van der Waals surface area (Å²) in [6.45, 7) is 0.110. The molecule has 8 nitrogen and oxygen atoms in total. The van der Waals surface area contributed by atoms with Gasteiger partial charge in [0.25, 0.3) is 5.91 Å². The topological polar surface area (TPSA) is 114 Å². The maximum absolute atomic E-state index is 12.7. The molecule has 9 heteroatoms. The number of carbonyl (C=O) groups excluding carboxylic acids is 2. The van der Waals surface area contributed by atoms with Crippen LogP contribution in [0.15, 0.2) is 78.0 Å². The average Bonchev–Trinajstić information content (AvgIpc) is 2.81. The zero-order valence-electron chi connectivity index (χ0n) is 17.0. The number of hydrogen-bond acceptors (Lipinski definition) is 6. The fourth-order valence-electron chi connectivity index (χ4n) is 3.47. The van der Waals surface area contributed by atoms with Gasteiger partial charge in [0.05, 0.1) is 16.7 Å². The Bertz CT molecular complexity index is 1230. The highest BCUT2D eigenvalue weighted by Gasteiger charge is 2.32. The molecular formula is C23H21N3O5S. The smallest absolute Gasteiger partial charge is 0.407 e. The van der Waals surface area contributed by atoms with Gasteiger partial charge in [-0.15, -0.1) is 0 Å². The number of sulfone groups is 1. The highest BCUT2D eigenvalue weighted by atomic mass is 32.2. The molecule has 2 N–H and O–H groups in total. The summed E-state index contributed by atoms with van der Waals surface area (Å²) in [5.74, 6) is -0.578. The molecule has 0 unspecified atom stereocenters. The lowest BCUT2D eigenvalue weighted by Crippen LogP contribution is -2.34. The maximum atomic E-state index is 12.7. The lowest BCUT2D eigenvalue weighted by atomic mass is 10.0. The first-order chi connectivity index (χ1) is 15.4. The van der Waals surface area contributed by atoms with Crippen LogP contribution in [-0.4, -0.2) is 31.2 Å². The van der Waals surface area contributed by atoms with E-state index in [9.17, 15) is 18.0 Å². The maximum Gasteiger partial charge on any atom is 0.407 e. The number of rotatable bonds is 5. The zero-order valence-corrected chi connectivity index (χ0v) is 17.8. The molecular weight excluding hydrogens is 430 g/mol. The van der Waals surface area contributed by atoms with Crippen molar-refractivity contribution in [1.82, 2.24) is 10.3 Å². The zero-order chi connectivity index (χ0) is 22.6. The van der Waals surface area contributed by atoms with Gasteiger partial charge >= 0.3 is 6.09 Å². The summed E-state index contributed by atoms with van der Waals surface area (Å²) in [6, 6.07) is 16.4. The van der Waals surface area contributed by atoms with Crippen molar-refractivity contribution in [2.24, 2.45) is 0 Å². The van der Waals surface area contributed by atoms with Crippen LogP contribution in [0.4, 0.5) is 10.5 Å². The molecule has 0 aliphatic carbocycles. The van der Waals surface area contributed by atoms with Crippen LogP contribution in [-0.2, 0) is 21.2 Å². The Kier molecular flexibility index (Phi) is 6.18. The molecule has 0 radical (unpaired) electrons. The third-order valence-electron chi connectivity index (χ3n) is 5.10. The highest BCUT2D eigenvalue weighted by Crippen LogP contribution is 2.33. The number of alkyl carbamates (subject to hydrolysis) is 1. The van der Waals surface area contributed by atoms with Crippen LogP contribution < -0.4 is 10.6 Å². The third-order valence-corrected chi connectivity index (χ3v) is 6.90. The normalized spacial score (nSPS) is 16.4. The Morgan fingerprint density at radius 1 is 1.03 bits per heavy atom. The van der Waals surface area contributed by atoms with Crippen LogP contribution >= 0.6 is 0 Å². The lowest BCUT2D eigenvalue weighted by molar-refractivity contribution is 0.102. The molecule has 2 aromatic carbocycles. The van der Waals surface area contributed by atoms with Crippen LogP contribution in [0.25, 0.3) is 0 Å². The van der Waals surface area contributed by atoms with Crippen molar-refractivity contribution in [3.05, 3.63) is 89.7 Å². The van der Waals surface area contributed by atoms with E-state index in [0.717, 1.165) is 5.56 Å². The summed E-state index contributed by atoms with van der Waals surface area (Å²) < 4.78 is 30.6. The first-order valence-corrected chi connectivity index (χ1v) is 11.6. The second-order valence-corrected chi connectivity index (χ2v) is 9.39. The van der Waals surface area contributed by atoms with Crippen molar-refractivity contribution in [2.45, 2.75) is 24.0 Å². The van der Waals surface area contributed by atoms with Gasteiger partial charge in [-0.3, -0.25) is 9.78 Å².